The van der Waals surface area contributed by atoms with Crippen molar-refractivity contribution in [3.05, 3.63) is 35.6 Å². The first kappa shape index (κ1) is 16.7. The maximum absolute atomic E-state index is 13.5. The average molecular weight is 310 g/mol. The van der Waals surface area contributed by atoms with E-state index >= 15 is 0 Å². The number of aliphatic hydroxyl groups excluding tert-OH is 1. The van der Waals surface area contributed by atoms with Gasteiger partial charge in [-0.2, -0.15) is 0 Å². The number of carbonyl (C=O) groups is 1. The Labute approximate surface area is 129 Å². The van der Waals surface area contributed by atoms with Crippen molar-refractivity contribution >= 4 is 6.03 Å². The minimum Gasteiger partial charge on any atom is -0.386 e. The summed E-state index contributed by atoms with van der Waals surface area (Å²) in [6, 6.07) is 5.68. The number of aliphatic hydroxyl groups is 1. The first-order valence-electron chi connectivity index (χ1n) is 7.62. The number of carbonyl (C=O) groups excluding carboxylic acids is 1. The van der Waals surface area contributed by atoms with E-state index in [2.05, 4.69) is 10.6 Å². The van der Waals surface area contributed by atoms with Crippen LogP contribution in [-0.4, -0.2) is 36.9 Å². The SMILES string of the molecule is CC(NC(=O)NCC(O)c1ccccc1F)C1CCOCC1. The molecule has 0 radical (unpaired) electrons. The highest BCUT2D eigenvalue weighted by atomic mass is 19.1. The van der Waals surface area contributed by atoms with Gasteiger partial charge in [0, 0.05) is 31.4 Å². The van der Waals surface area contributed by atoms with Crippen LogP contribution in [-0.2, 0) is 4.74 Å². The highest BCUT2D eigenvalue weighted by molar-refractivity contribution is 5.74. The quantitative estimate of drug-likeness (QED) is 0.779. The van der Waals surface area contributed by atoms with Crippen LogP contribution in [0.15, 0.2) is 24.3 Å². The summed E-state index contributed by atoms with van der Waals surface area (Å²) in [4.78, 5) is 11.9. The zero-order valence-electron chi connectivity index (χ0n) is 12.7. The van der Waals surface area contributed by atoms with Crippen molar-refractivity contribution in [2.24, 2.45) is 5.92 Å². The molecule has 0 aromatic heterocycles. The summed E-state index contributed by atoms with van der Waals surface area (Å²) in [5.41, 5.74) is 0.181. The van der Waals surface area contributed by atoms with Crippen LogP contribution in [0.5, 0.6) is 0 Å². The number of rotatable bonds is 5. The van der Waals surface area contributed by atoms with Crippen LogP contribution in [0.4, 0.5) is 9.18 Å². The van der Waals surface area contributed by atoms with Gasteiger partial charge in [0.1, 0.15) is 5.82 Å². The second kappa shape index (κ2) is 8.10. The maximum atomic E-state index is 13.5. The van der Waals surface area contributed by atoms with Gasteiger partial charge in [0.25, 0.3) is 0 Å². The normalized spacial score (nSPS) is 18.5. The van der Waals surface area contributed by atoms with Crippen molar-refractivity contribution in [1.82, 2.24) is 10.6 Å². The Bertz CT molecular complexity index is 492. The molecule has 0 bridgehead atoms. The number of halogens is 1. The van der Waals surface area contributed by atoms with Crippen LogP contribution in [0, 0.1) is 11.7 Å². The van der Waals surface area contributed by atoms with Crippen molar-refractivity contribution < 1.29 is 19.0 Å². The first-order chi connectivity index (χ1) is 10.6. The average Bonchev–Trinajstić information content (AvgIpc) is 2.54. The summed E-state index contributed by atoms with van der Waals surface area (Å²) in [6.45, 7) is 3.38. The molecule has 1 aromatic rings. The molecule has 0 aliphatic carbocycles. The molecule has 1 saturated heterocycles. The number of ether oxygens (including phenoxy) is 1. The van der Waals surface area contributed by atoms with Crippen molar-refractivity contribution in [3.8, 4) is 0 Å². The fraction of sp³-hybridized carbons (Fsp3) is 0.562. The summed E-state index contributed by atoms with van der Waals surface area (Å²) < 4.78 is 18.8. The Morgan fingerprint density at radius 1 is 1.41 bits per heavy atom. The van der Waals surface area contributed by atoms with E-state index in [9.17, 15) is 14.3 Å². The molecule has 0 saturated carbocycles. The molecule has 2 rings (SSSR count). The molecule has 1 heterocycles. The number of hydrogen-bond acceptors (Lipinski definition) is 3. The summed E-state index contributed by atoms with van der Waals surface area (Å²) in [5.74, 6) is -0.0798. The second-order valence-corrected chi connectivity index (χ2v) is 5.63. The monoisotopic (exact) mass is 310 g/mol. The third-order valence-corrected chi connectivity index (χ3v) is 4.05. The molecule has 5 nitrogen and oxygen atoms in total. The molecule has 1 aromatic carbocycles. The zero-order valence-corrected chi connectivity index (χ0v) is 12.7. The molecule has 2 unspecified atom stereocenters. The molecule has 1 aliphatic rings. The second-order valence-electron chi connectivity index (χ2n) is 5.63. The van der Waals surface area contributed by atoms with E-state index in [-0.39, 0.29) is 24.2 Å². The lowest BCUT2D eigenvalue weighted by Gasteiger charge is -2.28. The third kappa shape index (κ3) is 4.68. The largest absolute Gasteiger partial charge is 0.386 e. The van der Waals surface area contributed by atoms with Gasteiger partial charge in [-0.3, -0.25) is 0 Å². The zero-order chi connectivity index (χ0) is 15.9. The number of amides is 2. The Hall–Kier alpha value is -1.66. The maximum Gasteiger partial charge on any atom is 0.315 e. The van der Waals surface area contributed by atoms with Crippen molar-refractivity contribution in [2.75, 3.05) is 19.8 Å². The van der Waals surface area contributed by atoms with E-state index in [1.807, 2.05) is 6.92 Å². The molecule has 2 atom stereocenters. The Morgan fingerprint density at radius 3 is 2.77 bits per heavy atom. The van der Waals surface area contributed by atoms with Crippen molar-refractivity contribution in [1.29, 1.82) is 0 Å². The fourth-order valence-electron chi connectivity index (χ4n) is 2.64. The van der Waals surface area contributed by atoms with Gasteiger partial charge in [-0.05, 0) is 31.7 Å². The van der Waals surface area contributed by atoms with Gasteiger partial charge < -0.3 is 20.5 Å². The summed E-state index contributed by atoms with van der Waals surface area (Å²) in [5, 5.41) is 15.4. The van der Waals surface area contributed by atoms with Crippen molar-refractivity contribution in [2.45, 2.75) is 31.9 Å². The molecular formula is C16H23FN2O3. The van der Waals surface area contributed by atoms with Gasteiger partial charge in [-0.1, -0.05) is 18.2 Å². The van der Waals surface area contributed by atoms with Crippen LogP contribution >= 0.6 is 0 Å². The molecule has 1 aliphatic heterocycles. The van der Waals surface area contributed by atoms with Crippen LogP contribution in [0.2, 0.25) is 0 Å². The summed E-state index contributed by atoms with van der Waals surface area (Å²) in [7, 11) is 0. The molecule has 6 heteroatoms. The molecule has 22 heavy (non-hydrogen) atoms. The van der Waals surface area contributed by atoms with E-state index in [1.165, 1.54) is 12.1 Å². The van der Waals surface area contributed by atoms with E-state index in [0.717, 1.165) is 26.1 Å². The Morgan fingerprint density at radius 2 is 2.09 bits per heavy atom. The Kier molecular flexibility index (Phi) is 6.15. The fourth-order valence-corrected chi connectivity index (χ4v) is 2.64. The van der Waals surface area contributed by atoms with Crippen LogP contribution in [0.25, 0.3) is 0 Å². The van der Waals surface area contributed by atoms with Gasteiger partial charge in [-0.15, -0.1) is 0 Å². The smallest absolute Gasteiger partial charge is 0.315 e. The van der Waals surface area contributed by atoms with Crippen LogP contribution < -0.4 is 10.6 Å². The molecule has 1 fully saturated rings. The highest BCUT2D eigenvalue weighted by Crippen LogP contribution is 2.18. The molecule has 3 N–H and O–H groups in total. The van der Waals surface area contributed by atoms with Crippen molar-refractivity contribution in [3.63, 3.8) is 0 Å². The van der Waals surface area contributed by atoms with E-state index in [4.69, 9.17) is 4.74 Å². The Balaban J connectivity index is 1.76. The number of urea groups is 1. The standard InChI is InChI=1S/C16H23FN2O3/c1-11(12-6-8-22-9-7-12)19-16(21)18-10-15(20)13-4-2-3-5-14(13)17/h2-5,11-12,15,20H,6-10H2,1H3,(H2,18,19,21). The van der Waals surface area contributed by atoms with E-state index in [0.29, 0.717) is 5.92 Å². The van der Waals surface area contributed by atoms with Gasteiger partial charge in [0.2, 0.25) is 0 Å². The van der Waals surface area contributed by atoms with Crippen LogP contribution in [0.1, 0.15) is 31.4 Å². The third-order valence-electron chi connectivity index (χ3n) is 4.05. The summed E-state index contributed by atoms with van der Waals surface area (Å²) >= 11 is 0. The number of hydrogen-bond donors (Lipinski definition) is 3. The minimum absolute atomic E-state index is 0.0345. The predicted molar refractivity (Wildman–Crippen MR) is 80.9 cm³/mol. The molecule has 122 valence electrons. The topological polar surface area (TPSA) is 70.6 Å². The van der Waals surface area contributed by atoms with Gasteiger partial charge in [-0.25, -0.2) is 9.18 Å². The minimum atomic E-state index is -1.06. The van der Waals surface area contributed by atoms with Gasteiger partial charge in [0.05, 0.1) is 6.10 Å². The molecule has 0 spiro atoms. The molecule has 2 amide bonds. The lowest BCUT2D eigenvalue weighted by Crippen LogP contribution is -2.46. The van der Waals surface area contributed by atoms with Gasteiger partial charge in [0.15, 0.2) is 0 Å². The number of nitrogens with one attached hydrogen (secondary N) is 2. The van der Waals surface area contributed by atoms with E-state index in [1.54, 1.807) is 12.1 Å². The molecular weight excluding hydrogens is 287 g/mol. The first-order valence-corrected chi connectivity index (χ1v) is 7.62. The lowest BCUT2D eigenvalue weighted by molar-refractivity contribution is 0.0570. The van der Waals surface area contributed by atoms with Gasteiger partial charge >= 0.3 is 6.03 Å². The highest BCUT2D eigenvalue weighted by Gasteiger charge is 2.22. The lowest BCUT2D eigenvalue weighted by atomic mass is 9.93. The predicted octanol–water partition coefficient (Wildman–Crippen LogP) is 1.97. The summed E-state index contributed by atoms with van der Waals surface area (Å²) in [6.07, 6.45) is 0.795. The number of benzene rings is 1. The van der Waals surface area contributed by atoms with E-state index < -0.39 is 11.9 Å². The van der Waals surface area contributed by atoms with Crippen LogP contribution in [0.3, 0.4) is 0 Å².